The molecule has 0 spiro atoms. The maximum Gasteiger partial charge on any atom is 0.233 e. The van der Waals surface area contributed by atoms with Crippen molar-refractivity contribution in [2.75, 3.05) is 26.0 Å². The van der Waals surface area contributed by atoms with Gasteiger partial charge in [0, 0.05) is 30.1 Å². The second kappa shape index (κ2) is 8.51. The molecule has 21 heavy (non-hydrogen) atoms. The summed E-state index contributed by atoms with van der Waals surface area (Å²) >= 11 is 1.56. The molecule has 2 unspecified atom stereocenters. The summed E-state index contributed by atoms with van der Waals surface area (Å²) in [6.45, 7) is 5.90. The Kier molecular flexibility index (Phi) is 7.35. The summed E-state index contributed by atoms with van der Waals surface area (Å²) in [5.41, 5.74) is 0. The van der Waals surface area contributed by atoms with E-state index in [9.17, 15) is 4.79 Å². The number of carbonyl (C=O) groups excluding carboxylic acids is 1. The van der Waals surface area contributed by atoms with Crippen molar-refractivity contribution >= 4 is 30.1 Å². The summed E-state index contributed by atoms with van der Waals surface area (Å²) in [6, 6.07) is 8.43. The Morgan fingerprint density at radius 1 is 1.48 bits per heavy atom. The number of halogens is 1. The van der Waals surface area contributed by atoms with E-state index in [2.05, 4.69) is 19.2 Å². The van der Waals surface area contributed by atoms with E-state index in [1.807, 2.05) is 29.2 Å². The summed E-state index contributed by atoms with van der Waals surface area (Å²) in [4.78, 5) is 15.4. The Bertz CT molecular complexity index is 473. The van der Waals surface area contributed by atoms with Crippen molar-refractivity contribution in [2.24, 2.45) is 0 Å². The van der Waals surface area contributed by atoms with Crippen LogP contribution in [0.5, 0.6) is 5.75 Å². The van der Waals surface area contributed by atoms with Crippen molar-refractivity contribution in [3.63, 3.8) is 0 Å². The molecule has 0 bridgehead atoms. The van der Waals surface area contributed by atoms with Gasteiger partial charge in [-0.2, -0.15) is 0 Å². The van der Waals surface area contributed by atoms with Gasteiger partial charge in [-0.3, -0.25) is 4.79 Å². The lowest BCUT2D eigenvalue weighted by atomic mass is 10.1. The number of ether oxygens (including phenoxy) is 1. The number of rotatable bonds is 4. The number of methoxy groups -OCH3 is 1. The number of nitrogens with one attached hydrogen (secondary N) is 1. The minimum atomic E-state index is 0. The molecule has 118 valence electrons. The number of piperazine rings is 1. The maximum atomic E-state index is 12.3. The Labute approximate surface area is 137 Å². The number of benzene rings is 1. The molecule has 1 N–H and O–H groups in total. The standard InChI is InChI=1S/C15H22N2O2S.ClH/c1-11-12(2)17(8-7-16-11)15(18)10-20-14-6-4-5-13(9-14)19-3;/h4-6,9,11-12,16H,7-8,10H2,1-3H3;1H. The van der Waals surface area contributed by atoms with Crippen LogP contribution in [0.2, 0.25) is 0 Å². The zero-order chi connectivity index (χ0) is 14.5. The van der Waals surface area contributed by atoms with Gasteiger partial charge in [0.25, 0.3) is 0 Å². The highest BCUT2D eigenvalue weighted by Gasteiger charge is 2.27. The third-order valence-corrected chi connectivity index (χ3v) is 4.74. The van der Waals surface area contributed by atoms with Crippen LogP contribution in [0.3, 0.4) is 0 Å². The monoisotopic (exact) mass is 330 g/mol. The molecule has 1 aliphatic heterocycles. The average Bonchev–Trinajstić information content (AvgIpc) is 2.48. The van der Waals surface area contributed by atoms with Crippen molar-refractivity contribution in [3.8, 4) is 5.75 Å². The van der Waals surface area contributed by atoms with E-state index in [0.29, 0.717) is 11.8 Å². The fraction of sp³-hybridized carbons (Fsp3) is 0.533. The van der Waals surface area contributed by atoms with Gasteiger partial charge in [0.2, 0.25) is 5.91 Å². The highest BCUT2D eigenvalue weighted by atomic mass is 35.5. The quantitative estimate of drug-likeness (QED) is 0.861. The third kappa shape index (κ3) is 4.80. The van der Waals surface area contributed by atoms with Crippen LogP contribution in [-0.2, 0) is 4.79 Å². The largest absolute Gasteiger partial charge is 0.497 e. The van der Waals surface area contributed by atoms with Crippen LogP contribution >= 0.6 is 24.2 Å². The van der Waals surface area contributed by atoms with E-state index >= 15 is 0 Å². The minimum absolute atomic E-state index is 0. The van der Waals surface area contributed by atoms with Crippen LogP contribution in [0.15, 0.2) is 29.2 Å². The summed E-state index contributed by atoms with van der Waals surface area (Å²) in [5, 5.41) is 3.39. The minimum Gasteiger partial charge on any atom is -0.497 e. The first-order valence-electron chi connectivity index (χ1n) is 6.91. The molecular weight excluding hydrogens is 308 g/mol. The van der Waals surface area contributed by atoms with Gasteiger partial charge in [0.1, 0.15) is 5.75 Å². The zero-order valence-corrected chi connectivity index (χ0v) is 14.3. The molecule has 1 aromatic rings. The first-order valence-corrected chi connectivity index (χ1v) is 7.90. The normalized spacial score (nSPS) is 21.6. The van der Waals surface area contributed by atoms with E-state index in [4.69, 9.17) is 4.74 Å². The topological polar surface area (TPSA) is 41.6 Å². The van der Waals surface area contributed by atoms with Gasteiger partial charge in [0.05, 0.1) is 12.9 Å². The van der Waals surface area contributed by atoms with Gasteiger partial charge in [0.15, 0.2) is 0 Å². The molecule has 1 fully saturated rings. The maximum absolute atomic E-state index is 12.3. The zero-order valence-electron chi connectivity index (χ0n) is 12.7. The first-order chi connectivity index (χ1) is 9.61. The van der Waals surface area contributed by atoms with E-state index in [-0.39, 0.29) is 24.4 Å². The van der Waals surface area contributed by atoms with Gasteiger partial charge in [-0.05, 0) is 32.0 Å². The van der Waals surface area contributed by atoms with Gasteiger partial charge < -0.3 is 15.0 Å². The molecule has 0 radical (unpaired) electrons. The number of nitrogens with zero attached hydrogens (tertiary/aromatic N) is 1. The lowest BCUT2D eigenvalue weighted by Gasteiger charge is -2.38. The van der Waals surface area contributed by atoms with Crippen molar-refractivity contribution in [1.29, 1.82) is 0 Å². The Balaban J connectivity index is 0.00000220. The molecule has 6 heteroatoms. The molecule has 1 saturated heterocycles. The molecule has 2 rings (SSSR count). The van der Waals surface area contributed by atoms with Crippen molar-refractivity contribution in [3.05, 3.63) is 24.3 Å². The molecule has 0 saturated carbocycles. The van der Waals surface area contributed by atoms with E-state index < -0.39 is 0 Å². The number of hydrogen-bond donors (Lipinski definition) is 1. The SMILES string of the molecule is COc1cccc(SCC(=O)N2CCNC(C)C2C)c1.Cl. The van der Waals surface area contributed by atoms with E-state index in [1.54, 1.807) is 18.9 Å². The third-order valence-electron chi connectivity index (χ3n) is 3.76. The molecule has 0 aromatic heterocycles. The summed E-state index contributed by atoms with van der Waals surface area (Å²) in [7, 11) is 1.65. The second-order valence-electron chi connectivity index (χ2n) is 5.04. The van der Waals surface area contributed by atoms with Gasteiger partial charge in [-0.15, -0.1) is 24.2 Å². The molecular formula is C15H23ClN2O2S. The van der Waals surface area contributed by atoms with Gasteiger partial charge >= 0.3 is 0 Å². The number of thioether (sulfide) groups is 1. The van der Waals surface area contributed by atoms with Crippen LogP contribution in [0.25, 0.3) is 0 Å². The first kappa shape index (κ1) is 18.1. The van der Waals surface area contributed by atoms with Gasteiger partial charge in [-0.1, -0.05) is 6.07 Å². The van der Waals surface area contributed by atoms with Gasteiger partial charge in [-0.25, -0.2) is 0 Å². The molecule has 1 heterocycles. The predicted octanol–water partition coefficient (Wildman–Crippen LogP) is 2.42. The highest BCUT2D eigenvalue weighted by Crippen LogP contribution is 2.23. The summed E-state index contributed by atoms with van der Waals surface area (Å²) in [5.74, 6) is 1.51. The number of hydrogen-bond acceptors (Lipinski definition) is 4. The molecule has 2 atom stereocenters. The molecule has 4 nitrogen and oxygen atoms in total. The average molecular weight is 331 g/mol. The summed E-state index contributed by atoms with van der Waals surface area (Å²) in [6.07, 6.45) is 0. The van der Waals surface area contributed by atoms with Crippen molar-refractivity contribution < 1.29 is 9.53 Å². The van der Waals surface area contributed by atoms with E-state index in [1.165, 1.54) is 0 Å². The Morgan fingerprint density at radius 3 is 2.95 bits per heavy atom. The van der Waals surface area contributed by atoms with Crippen molar-refractivity contribution in [2.45, 2.75) is 30.8 Å². The molecule has 1 aromatic carbocycles. The lowest BCUT2D eigenvalue weighted by molar-refractivity contribution is -0.131. The predicted molar refractivity (Wildman–Crippen MR) is 89.6 cm³/mol. The molecule has 0 aliphatic carbocycles. The highest BCUT2D eigenvalue weighted by molar-refractivity contribution is 8.00. The van der Waals surface area contributed by atoms with Crippen LogP contribution in [-0.4, -0.2) is 48.8 Å². The van der Waals surface area contributed by atoms with Crippen LogP contribution < -0.4 is 10.1 Å². The molecule has 1 amide bonds. The Hall–Kier alpha value is -0.910. The fourth-order valence-electron chi connectivity index (χ4n) is 2.33. The molecule has 1 aliphatic rings. The van der Waals surface area contributed by atoms with Crippen LogP contribution in [0.4, 0.5) is 0 Å². The smallest absolute Gasteiger partial charge is 0.233 e. The Morgan fingerprint density at radius 2 is 2.24 bits per heavy atom. The summed E-state index contributed by atoms with van der Waals surface area (Å²) < 4.78 is 5.19. The fourth-order valence-corrected chi connectivity index (χ4v) is 3.16. The van der Waals surface area contributed by atoms with E-state index in [0.717, 1.165) is 23.7 Å². The van der Waals surface area contributed by atoms with Crippen molar-refractivity contribution in [1.82, 2.24) is 10.2 Å². The second-order valence-corrected chi connectivity index (χ2v) is 6.09. The van der Waals surface area contributed by atoms with Crippen LogP contribution in [0, 0.1) is 0 Å². The number of carbonyl (C=O) groups is 1. The van der Waals surface area contributed by atoms with Crippen LogP contribution in [0.1, 0.15) is 13.8 Å². The lowest BCUT2D eigenvalue weighted by Crippen LogP contribution is -2.57. The number of amides is 1.